The number of carbonyl (C=O) groups excluding carboxylic acids is 1. The molecule has 1 aromatic carbocycles. The largest absolute Gasteiger partial charge is 0.508 e. The summed E-state index contributed by atoms with van der Waals surface area (Å²) in [6, 6.07) is 9.95. The fourth-order valence-electron chi connectivity index (χ4n) is 2.36. The van der Waals surface area contributed by atoms with Crippen LogP contribution in [0.3, 0.4) is 0 Å². The molecule has 25 heavy (non-hydrogen) atoms. The van der Waals surface area contributed by atoms with Gasteiger partial charge in [0.25, 0.3) is 0 Å². The van der Waals surface area contributed by atoms with Gasteiger partial charge in [-0.1, -0.05) is 12.1 Å². The molecule has 1 aliphatic rings. The molecular formula is C18H18N2O4S. The summed E-state index contributed by atoms with van der Waals surface area (Å²) in [7, 11) is 0. The Bertz CT molecular complexity index is 807. The van der Waals surface area contributed by atoms with Gasteiger partial charge >= 0.3 is 5.97 Å². The Morgan fingerprint density at radius 2 is 2.04 bits per heavy atom. The Labute approximate surface area is 149 Å². The van der Waals surface area contributed by atoms with Crippen molar-refractivity contribution in [3.8, 4) is 11.5 Å². The van der Waals surface area contributed by atoms with Crippen LogP contribution in [-0.4, -0.2) is 44.1 Å². The van der Waals surface area contributed by atoms with Gasteiger partial charge in [-0.3, -0.25) is 9.98 Å². The Morgan fingerprint density at radius 3 is 2.76 bits per heavy atom. The maximum atomic E-state index is 12.4. The topological polar surface area (TPSA) is 92.0 Å². The molecule has 3 rings (SSSR count). The average molecular weight is 358 g/mol. The molecule has 0 unspecified atom stereocenters. The summed E-state index contributed by atoms with van der Waals surface area (Å²) in [5.41, 5.74) is 0.367. The monoisotopic (exact) mass is 358 g/mol. The van der Waals surface area contributed by atoms with Gasteiger partial charge in [-0.15, -0.1) is 11.8 Å². The van der Waals surface area contributed by atoms with E-state index in [4.69, 9.17) is 4.74 Å². The molecule has 2 N–H and O–H groups in total. The zero-order valence-corrected chi connectivity index (χ0v) is 14.5. The second-order valence-electron chi connectivity index (χ2n) is 5.90. The van der Waals surface area contributed by atoms with Crippen LogP contribution in [0, 0.1) is 0 Å². The second kappa shape index (κ2) is 7.14. The van der Waals surface area contributed by atoms with E-state index in [1.165, 1.54) is 17.8 Å². The van der Waals surface area contributed by atoms with E-state index in [0.29, 0.717) is 22.9 Å². The van der Waals surface area contributed by atoms with Gasteiger partial charge in [0, 0.05) is 18.4 Å². The number of hydrogen-bond acceptors (Lipinski definition) is 7. The van der Waals surface area contributed by atoms with E-state index in [0.717, 1.165) is 5.56 Å². The van der Waals surface area contributed by atoms with Crippen molar-refractivity contribution in [2.45, 2.75) is 18.9 Å². The first-order chi connectivity index (χ1) is 12.0. The lowest BCUT2D eigenvalue weighted by Gasteiger charge is -2.17. The van der Waals surface area contributed by atoms with Crippen molar-refractivity contribution in [2.24, 2.45) is 4.99 Å². The molecule has 1 aliphatic heterocycles. The van der Waals surface area contributed by atoms with Crippen LogP contribution < -0.4 is 0 Å². The third-order valence-electron chi connectivity index (χ3n) is 3.83. The number of benzene rings is 1. The highest BCUT2D eigenvalue weighted by Crippen LogP contribution is 2.33. The Kier molecular flexibility index (Phi) is 4.94. The number of nitrogens with zero attached hydrogens (tertiary/aromatic N) is 2. The van der Waals surface area contributed by atoms with Crippen LogP contribution in [-0.2, 0) is 16.0 Å². The lowest BCUT2D eigenvalue weighted by atomic mass is 10.1. The number of aromatic nitrogens is 1. The first-order valence-electron chi connectivity index (χ1n) is 7.80. The fourth-order valence-corrected chi connectivity index (χ4v) is 3.52. The third kappa shape index (κ3) is 3.93. The highest BCUT2D eigenvalue weighted by molar-refractivity contribution is 8.14. The molecule has 0 saturated carbocycles. The van der Waals surface area contributed by atoms with Crippen molar-refractivity contribution in [3.63, 3.8) is 0 Å². The number of phenolic OH excluding ortho intramolecular Hbond substituents is 1. The van der Waals surface area contributed by atoms with Crippen molar-refractivity contribution in [1.82, 2.24) is 4.98 Å². The molecule has 0 saturated heterocycles. The standard InChI is InChI=1S/C18H18N2O4S/c1-18(11-25-16(20-18)15-14(22)3-2-9-19-15)17(23)24-10-8-12-4-6-13(21)7-5-12/h2-7,9,21-22H,8,10-11H2,1H3/t18-/m0/s1. The van der Waals surface area contributed by atoms with Gasteiger partial charge in [-0.05, 0) is 36.8 Å². The zero-order valence-electron chi connectivity index (χ0n) is 13.7. The number of pyridine rings is 1. The Balaban J connectivity index is 1.62. The lowest BCUT2D eigenvalue weighted by Crippen LogP contribution is -2.36. The molecule has 0 fully saturated rings. The summed E-state index contributed by atoms with van der Waals surface area (Å²) in [4.78, 5) is 21.0. The number of ether oxygens (including phenoxy) is 1. The SMILES string of the molecule is C[C@@]1(C(=O)OCCc2ccc(O)cc2)CSC(c2ncccc2O)=N1. The quantitative estimate of drug-likeness (QED) is 0.798. The number of aromatic hydroxyl groups is 2. The van der Waals surface area contributed by atoms with E-state index in [-0.39, 0.29) is 18.1 Å². The predicted molar refractivity (Wildman–Crippen MR) is 96.1 cm³/mol. The molecule has 0 aliphatic carbocycles. The van der Waals surface area contributed by atoms with Crippen molar-refractivity contribution >= 4 is 22.8 Å². The van der Waals surface area contributed by atoms with Crippen LogP contribution in [0.1, 0.15) is 18.2 Å². The average Bonchev–Trinajstić information content (AvgIpc) is 3.00. The molecule has 130 valence electrons. The lowest BCUT2D eigenvalue weighted by molar-refractivity contribution is -0.148. The molecule has 6 nitrogen and oxygen atoms in total. The zero-order chi connectivity index (χ0) is 17.9. The van der Waals surface area contributed by atoms with E-state index < -0.39 is 11.5 Å². The number of thioether (sulfide) groups is 1. The summed E-state index contributed by atoms with van der Waals surface area (Å²) < 4.78 is 5.37. The van der Waals surface area contributed by atoms with Crippen molar-refractivity contribution in [2.75, 3.05) is 12.4 Å². The first-order valence-corrected chi connectivity index (χ1v) is 8.79. The van der Waals surface area contributed by atoms with Gasteiger partial charge < -0.3 is 14.9 Å². The fraction of sp³-hybridized carbons (Fsp3) is 0.278. The van der Waals surface area contributed by atoms with Crippen LogP contribution in [0.2, 0.25) is 0 Å². The van der Waals surface area contributed by atoms with Gasteiger partial charge in [0.1, 0.15) is 22.2 Å². The number of phenols is 1. The number of esters is 1. The minimum absolute atomic E-state index is 0.0405. The van der Waals surface area contributed by atoms with Crippen LogP contribution in [0.5, 0.6) is 11.5 Å². The van der Waals surface area contributed by atoms with E-state index in [9.17, 15) is 15.0 Å². The summed E-state index contributed by atoms with van der Waals surface area (Å²) in [6.45, 7) is 1.96. The second-order valence-corrected chi connectivity index (χ2v) is 6.87. The van der Waals surface area contributed by atoms with E-state index >= 15 is 0 Å². The Morgan fingerprint density at radius 1 is 1.28 bits per heavy atom. The normalized spacial score (nSPS) is 19.5. The van der Waals surface area contributed by atoms with E-state index in [1.807, 2.05) is 0 Å². The molecule has 2 heterocycles. The smallest absolute Gasteiger partial charge is 0.334 e. The Hall–Kier alpha value is -2.54. The predicted octanol–water partition coefficient (Wildman–Crippen LogP) is 2.53. The van der Waals surface area contributed by atoms with Crippen LogP contribution >= 0.6 is 11.8 Å². The highest BCUT2D eigenvalue weighted by Gasteiger charge is 2.40. The molecule has 7 heteroatoms. The van der Waals surface area contributed by atoms with Crippen molar-refractivity contribution in [1.29, 1.82) is 0 Å². The van der Waals surface area contributed by atoms with Crippen LogP contribution in [0.15, 0.2) is 47.6 Å². The number of aliphatic imine (C=N–C) groups is 1. The summed E-state index contributed by atoms with van der Waals surface area (Å²) in [6.07, 6.45) is 2.14. The highest BCUT2D eigenvalue weighted by atomic mass is 32.2. The third-order valence-corrected chi connectivity index (χ3v) is 5.09. The number of rotatable bonds is 5. The molecule has 0 amide bonds. The first kappa shape index (κ1) is 17.3. The minimum atomic E-state index is -0.987. The molecule has 0 spiro atoms. The van der Waals surface area contributed by atoms with Crippen molar-refractivity contribution in [3.05, 3.63) is 53.9 Å². The van der Waals surface area contributed by atoms with Gasteiger partial charge in [0.05, 0.1) is 6.61 Å². The van der Waals surface area contributed by atoms with Gasteiger partial charge in [-0.2, -0.15) is 0 Å². The minimum Gasteiger partial charge on any atom is -0.508 e. The summed E-state index contributed by atoms with van der Waals surface area (Å²) >= 11 is 1.38. The van der Waals surface area contributed by atoms with Crippen molar-refractivity contribution < 1.29 is 19.7 Å². The maximum Gasteiger partial charge on any atom is 0.334 e. The van der Waals surface area contributed by atoms with Crippen LogP contribution in [0.25, 0.3) is 0 Å². The molecule has 1 aromatic heterocycles. The van der Waals surface area contributed by atoms with Gasteiger partial charge in [0.2, 0.25) is 0 Å². The molecule has 0 bridgehead atoms. The molecular weight excluding hydrogens is 340 g/mol. The van der Waals surface area contributed by atoms with Gasteiger partial charge in [-0.25, -0.2) is 4.79 Å². The van der Waals surface area contributed by atoms with Crippen LogP contribution in [0.4, 0.5) is 0 Å². The summed E-state index contributed by atoms with van der Waals surface area (Å²) in [5, 5.41) is 19.7. The molecule has 0 radical (unpaired) electrons. The molecule has 1 atom stereocenters. The number of carbonyl (C=O) groups is 1. The maximum absolute atomic E-state index is 12.4. The van der Waals surface area contributed by atoms with Gasteiger partial charge in [0.15, 0.2) is 5.54 Å². The summed E-state index contributed by atoms with van der Waals surface area (Å²) in [5.74, 6) is 0.287. The number of hydrogen-bond donors (Lipinski definition) is 2. The molecule has 2 aromatic rings. The van der Waals surface area contributed by atoms with E-state index in [2.05, 4.69) is 9.98 Å². The van der Waals surface area contributed by atoms with E-state index in [1.54, 1.807) is 43.5 Å².